The van der Waals surface area contributed by atoms with Gasteiger partial charge in [0.15, 0.2) is 0 Å². The molecule has 20 heavy (non-hydrogen) atoms. The molecule has 0 aliphatic carbocycles. The molecule has 0 atom stereocenters. The van der Waals surface area contributed by atoms with Crippen molar-refractivity contribution in [1.82, 2.24) is 20.2 Å². The number of aromatic nitrogens is 2. The van der Waals surface area contributed by atoms with E-state index in [1.165, 1.54) is 0 Å². The molecule has 1 heterocycles. The lowest BCUT2D eigenvalue weighted by Gasteiger charge is -2.10. The third-order valence-electron chi connectivity index (χ3n) is 3.17. The average Bonchev–Trinajstić information content (AvgIpc) is 2.73. The van der Waals surface area contributed by atoms with Crippen LogP contribution in [-0.4, -0.2) is 34.6 Å². The van der Waals surface area contributed by atoms with Crippen molar-refractivity contribution >= 4 is 16.9 Å². The summed E-state index contributed by atoms with van der Waals surface area (Å²) in [7, 11) is 0. The quantitative estimate of drug-likeness (QED) is 0.838. The van der Waals surface area contributed by atoms with Crippen LogP contribution in [0.25, 0.3) is 11.0 Å². The zero-order chi connectivity index (χ0) is 14.5. The number of aryl methyl sites for hydroxylation is 1. The first kappa shape index (κ1) is 14.5. The molecule has 5 nitrogen and oxygen atoms in total. The van der Waals surface area contributed by atoms with Crippen molar-refractivity contribution < 1.29 is 4.79 Å². The van der Waals surface area contributed by atoms with Crippen molar-refractivity contribution in [2.75, 3.05) is 13.1 Å². The Bertz CT molecular complexity index is 589. The molecule has 0 bridgehead atoms. The van der Waals surface area contributed by atoms with Crippen molar-refractivity contribution in [2.24, 2.45) is 0 Å². The zero-order valence-corrected chi connectivity index (χ0v) is 12.3. The minimum Gasteiger partial charge on any atom is -0.353 e. The Hall–Kier alpha value is -1.88. The summed E-state index contributed by atoms with van der Waals surface area (Å²) in [5.41, 5.74) is 2.11. The Morgan fingerprint density at radius 2 is 2.10 bits per heavy atom. The molecule has 0 saturated heterocycles. The SMILES string of the molecule is Cc1nc2ccccc2n1CCNC(=O)CNC(C)C. The summed E-state index contributed by atoms with van der Waals surface area (Å²) in [6.45, 7) is 7.74. The molecular weight excluding hydrogens is 252 g/mol. The number of carbonyl (C=O) groups is 1. The van der Waals surface area contributed by atoms with E-state index in [9.17, 15) is 4.79 Å². The molecule has 0 radical (unpaired) electrons. The Balaban J connectivity index is 1.90. The molecule has 0 aliphatic heterocycles. The highest BCUT2D eigenvalue weighted by Gasteiger charge is 2.07. The van der Waals surface area contributed by atoms with Crippen LogP contribution >= 0.6 is 0 Å². The lowest BCUT2D eigenvalue weighted by atomic mass is 10.3. The molecule has 5 heteroatoms. The fraction of sp³-hybridized carbons (Fsp3) is 0.467. The van der Waals surface area contributed by atoms with Crippen LogP contribution in [0.5, 0.6) is 0 Å². The third kappa shape index (κ3) is 3.57. The minimum absolute atomic E-state index is 0.0285. The molecule has 0 aliphatic rings. The summed E-state index contributed by atoms with van der Waals surface area (Å²) < 4.78 is 2.13. The van der Waals surface area contributed by atoms with Crippen molar-refractivity contribution in [3.05, 3.63) is 30.1 Å². The van der Waals surface area contributed by atoms with E-state index in [4.69, 9.17) is 0 Å². The van der Waals surface area contributed by atoms with Crippen LogP contribution in [0.1, 0.15) is 19.7 Å². The number of benzene rings is 1. The maximum atomic E-state index is 11.6. The molecule has 2 aromatic rings. The third-order valence-corrected chi connectivity index (χ3v) is 3.17. The van der Waals surface area contributed by atoms with Gasteiger partial charge in [-0.1, -0.05) is 26.0 Å². The average molecular weight is 274 g/mol. The van der Waals surface area contributed by atoms with Gasteiger partial charge in [-0.2, -0.15) is 0 Å². The molecule has 2 N–H and O–H groups in total. The van der Waals surface area contributed by atoms with E-state index < -0.39 is 0 Å². The summed E-state index contributed by atoms with van der Waals surface area (Å²) in [6, 6.07) is 8.37. The Morgan fingerprint density at radius 3 is 2.85 bits per heavy atom. The summed E-state index contributed by atoms with van der Waals surface area (Å²) in [6.07, 6.45) is 0. The summed E-state index contributed by atoms with van der Waals surface area (Å²) in [4.78, 5) is 16.1. The smallest absolute Gasteiger partial charge is 0.234 e. The van der Waals surface area contributed by atoms with Gasteiger partial charge in [0.1, 0.15) is 5.82 Å². The van der Waals surface area contributed by atoms with E-state index in [1.807, 2.05) is 39.0 Å². The second kappa shape index (κ2) is 6.52. The number of para-hydroxylation sites is 2. The van der Waals surface area contributed by atoms with Gasteiger partial charge in [0.2, 0.25) is 5.91 Å². The molecule has 0 spiro atoms. The Labute approximate surface area is 119 Å². The number of carbonyl (C=O) groups excluding carboxylic acids is 1. The second-order valence-corrected chi connectivity index (χ2v) is 5.18. The number of nitrogens with one attached hydrogen (secondary N) is 2. The maximum absolute atomic E-state index is 11.6. The highest BCUT2D eigenvalue weighted by Crippen LogP contribution is 2.14. The molecule has 1 amide bonds. The number of fused-ring (bicyclic) bond motifs is 1. The lowest BCUT2D eigenvalue weighted by Crippen LogP contribution is -2.38. The fourth-order valence-corrected chi connectivity index (χ4v) is 2.14. The molecule has 108 valence electrons. The summed E-state index contributed by atoms with van der Waals surface area (Å²) in [5, 5.41) is 6.02. The van der Waals surface area contributed by atoms with Crippen molar-refractivity contribution in [2.45, 2.75) is 33.4 Å². The van der Waals surface area contributed by atoms with Crippen LogP contribution in [0.2, 0.25) is 0 Å². The number of hydrogen-bond acceptors (Lipinski definition) is 3. The van der Waals surface area contributed by atoms with Gasteiger partial charge in [0.25, 0.3) is 0 Å². The minimum atomic E-state index is 0.0285. The largest absolute Gasteiger partial charge is 0.353 e. The molecule has 0 fully saturated rings. The maximum Gasteiger partial charge on any atom is 0.234 e. The number of imidazole rings is 1. The first-order chi connectivity index (χ1) is 9.58. The van der Waals surface area contributed by atoms with Gasteiger partial charge in [0.05, 0.1) is 17.6 Å². The van der Waals surface area contributed by atoms with Crippen LogP contribution in [0, 0.1) is 6.92 Å². The van der Waals surface area contributed by atoms with E-state index in [1.54, 1.807) is 0 Å². The molecule has 2 rings (SSSR count). The van der Waals surface area contributed by atoms with Gasteiger partial charge in [-0.05, 0) is 19.1 Å². The molecule has 0 unspecified atom stereocenters. The van der Waals surface area contributed by atoms with E-state index in [-0.39, 0.29) is 5.91 Å². The normalized spacial score (nSPS) is 11.2. The predicted molar refractivity (Wildman–Crippen MR) is 80.6 cm³/mol. The Kier molecular flexibility index (Phi) is 4.74. The first-order valence-electron chi connectivity index (χ1n) is 7.00. The Morgan fingerprint density at radius 1 is 1.35 bits per heavy atom. The number of amides is 1. The van der Waals surface area contributed by atoms with Gasteiger partial charge in [-0.15, -0.1) is 0 Å². The van der Waals surface area contributed by atoms with Gasteiger partial charge < -0.3 is 15.2 Å². The number of hydrogen-bond donors (Lipinski definition) is 2. The lowest BCUT2D eigenvalue weighted by molar-refractivity contribution is -0.120. The molecule has 1 aromatic heterocycles. The van der Waals surface area contributed by atoms with Crippen LogP contribution in [0.3, 0.4) is 0 Å². The highest BCUT2D eigenvalue weighted by atomic mass is 16.1. The monoisotopic (exact) mass is 274 g/mol. The van der Waals surface area contributed by atoms with Gasteiger partial charge in [-0.3, -0.25) is 4.79 Å². The number of nitrogens with zero attached hydrogens (tertiary/aromatic N) is 2. The van der Waals surface area contributed by atoms with E-state index in [0.717, 1.165) is 23.4 Å². The van der Waals surface area contributed by atoms with Gasteiger partial charge in [-0.25, -0.2) is 4.98 Å². The fourth-order valence-electron chi connectivity index (χ4n) is 2.14. The first-order valence-corrected chi connectivity index (χ1v) is 7.00. The van der Waals surface area contributed by atoms with Gasteiger partial charge >= 0.3 is 0 Å². The molecule has 1 aromatic carbocycles. The topological polar surface area (TPSA) is 59.0 Å². The molecular formula is C15H22N4O. The van der Waals surface area contributed by atoms with Crippen molar-refractivity contribution in [3.8, 4) is 0 Å². The van der Waals surface area contributed by atoms with Crippen molar-refractivity contribution in [3.63, 3.8) is 0 Å². The van der Waals surface area contributed by atoms with Crippen LogP contribution in [0.15, 0.2) is 24.3 Å². The summed E-state index contributed by atoms with van der Waals surface area (Å²) in [5.74, 6) is 1.00. The molecule has 0 saturated carbocycles. The highest BCUT2D eigenvalue weighted by molar-refractivity contribution is 5.78. The van der Waals surface area contributed by atoms with Crippen LogP contribution < -0.4 is 10.6 Å². The van der Waals surface area contributed by atoms with E-state index in [0.29, 0.717) is 19.1 Å². The number of rotatable bonds is 6. The van der Waals surface area contributed by atoms with Crippen LogP contribution in [-0.2, 0) is 11.3 Å². The predicted octanol–water partition coefficient (Wildman–Crippen LogP) is 1.46. The van der Waals surface area contributed by atoms with Crippen LogP contribution in [0.4, 0.5) is 0 Å². The van der Waals surface area contributed by atoms with E-state index >= 15 is 0 Å². The van der Waals surface area contributed by atoms with Crippen molar-refractivity contribution in [1.29, 1.82) is 0 Å². The second-order valence-electron chi connectivity index (χ2n) is 5.18. The standard InChI is InChI=1S/C15H22N4O/c1-11(2)17-10-15(20)16-8-9-19-12(3)18-13-6-4-5-7-14(13)19/h4-7,11,17H,8-10H2,1-3H3,(H,16,20). The van der Waals surface area contributed by atoms with E-state index in [2.05, 4.69) is 26.3 Å². The summed E-state index contributed by atoms with van der Waals surface area (Å²) >= 11 is 0. The van der Waals surface area contributed by atoms with Gasteiger partial charge in [0, 0.05) is 19.1 Å². The zero-order valence-electron chi connectivity index (χ0n) is 12.3.